The maximum atomic E-state index is 13.8. The number of aryl methyl sites for hydroxylation is 2. The third kappa shape index (κ3) is 5.00. The molecule has 2 aromatic carbocycles. The van der Waals surface area contributed by atoms with Crippen molar-refractivity contribution in [3.63, 3.8) is 0 Å². The molecule has 8 nitrogen and oxygen atoms in total. The van der Waals surface area contributed by atoms with Crippen LogP contribution < -0.4 is 15.8 Å². The molecule has 0 saturated carbocycles. The molecular weight excluding hydrogens is 545 g/mol. The second-order valence-electron chi connectivity index (χ2n) is 10.8. The highest BCUT2D eigenvalue weighted by atomic mass is 19.4. The van der Waals surface area contributed by atoms with Crippen LogP contribution in [0.4, 0.5) is 24.5 Å². The number of fused-ring (bicyclic) bond motifs is 3. The van der Waals surface area contributed by atoms with E-state index in [1.807, 2.05) is 24.9 Å². The van der Waals surface area contributed by atoms with Crippen LogP contribution in [0, 0.1) is 6.92 Å². The number of aromatic nitrogens is 3. The van der Waals surface area contributed by atoms with E-state index in [2.05, 4.69) is 20.2 Å². The number of alkyl halides is 3. The maximum Gasteiger partial charge on any atom is 0.416 e. The summed E-state index contributed by atoms with van der Waals surface area (Å²) in [5.74, 6) is -0.670. The van der Waals surface area contributed by atoms with Crippen LogP contribution in [0.15, 0.2) is 65.7 Å². The van der Waals surface area contributed by atoms with E-state index in [-0.39, 0.29) is 11.1 Å². The van der Waals surface area contributed by atoms with Gasteiger partial charge in [0.2, 0.25) is 0 Å². The summed E-state index contributed by atoms with van der Waals surface area (Å²) in [5, 5.41) is 4.34. The molecule has 0 aliphatic carbocycles. The molecule has 6 rings (SSSR count). The number of carbonyl (C=O) groups is 1. The van der Waals surface area contributed by atoms with Gasteiger partial charge in [0, 0.05) is 78.9 Å². The number of benzene rings is 2. The maximum absolute atomic E-state index is 13.8. The first-order valence-corrected chi connectivity index (χ1v) is 13.5. The van der Waals surface area contributed by atoms with Crippen LogP contribution in [0.2, 0.25) is 0 Å². The Morgan fingerprint density at radius 2 is 1.74 bits per heavy atom. The third-order valence-corrected chi connectivity index (χ3v) is 7.92. The van der Waals surface area contributed by atoms with Crippen molar-refractivity contribution in [2.75, 3.05) is 43.4 Å². The van der Waals surface area contributed by atoms with Crippen molar-refractivity contribution in [3.8, 4) is 11.1 Å². The molecule has 0 atom stereocenters. The smallest absolute Gasteiger partial charge is 0.369 e. The highest BCUT2D eigenvalue weighted by Gasteiger charge is 2.32. The lowest BCUT2D eigenvalue weighted by molar-refractivity contribution is -0.137. The van der Waals surface area contributed by atoms with Crippen molar-refractivity contribution < 1.29 is 18.0 Å². The SMILES string of the molecule is Cc1ccc(NC(=O)c2cc(N3CCN(C)CC3)cc(C(F)(F)F)c2)cc1-c1cc2cnc3[nH]ccc3c2n(C)c1=O. The second kappa shape index (κ2) is 10.3. The lowest BCUT2D eigenvalue weighted by Gasteiger charge is -2.34. The van der Waals surface area contributed by atoms with Gasteiger partial charge in [-0.15, -0.1) is 0 Å². The van der Waals surface area contributed by atoms with Crippen LogP contribution >= 0.6 is 0 Å². The third-order valence-electron chi connectivity index (χ3n) is 7.92. The molecule has 0 bridgehead atoms. The number of hydrogen-bond donors (Lipinski definition) is 2. The van der Waals surface area contributed by atoms with Gasteiger partial charge in [-0.1, -0.05) is 6.07 Å². The second-order valence-corrected chi connectivity index (χ2v) is 10.8. The number of nitrogens with zero attached hydrogens (tertiary/aromatic N) is 4. The molecule has 1 aliphatic heterocycles. The van der Waals surface area contributed by atoms with Gasteiger partial charge in [0.1, 0.15) is 5.65 Å². The number of piperazine rings is 1. The summed E-state index contributed by atoms with van der Waals surface area (Å²) >= 11 is 0. The minimum atomic E-state index is -4.61. The number of anilines is 2. The highest BCUT2D eigenvalue weighted by Crippen LogP contribution is 2.34. The average Bonchev–Trinajstić information content (AvgIpc) is 3.44. The van der Waals surface area contributed by atoms with Crippen molar-refractivity contribution in [2.24, 2.45) is 7.05 Å². The van der Waals surface area contributed by atoms with Gasteiger partial charge >= 0.3 is 6.18 Å². The van der Waals surface area contributed by atoms with Crippen LogP contribution in [0.5, 0.6) is 0 Å². The van der Waals surface area contributed by atoms with E-state index in [1.54, 1.807) is 48.3 Å². The number of pyridine rings is 2. The van der Waals surface area contributed by atoms with E-state index in [4.69, 9.17) is 0 Å². The fourth-order valence-electron chi connectivity index (χ4n) is 5.53. The summed E-state index contributed by atoms with van der Waals surface area (Å²) in [4.78, 5) is 38.3. The van der Waals surface area contributed by atoms with Gasteiger partial charge in [-0.2, -0.15) is 13.2 Å². The summed E-state index contributed by atoms with van der Waals surface area (Å²) in [6.45, 7) is 4.40. The van der Waals surface area contributed by atoms with Crippen LogP contribution in [-0.2, 0) is 13.2 Å². The Balaban J connectivity index is 1.36. The van der Waals surface area contributed by atoms with E-state index in [1.165, 1.54) is 6.07 Å². The number of amides is 1. The van der Waals surface area contributed by atoms with Gasteiger partial charge in [-0.05, 0) is 67.6 Å². The highest BCUT2D eigenvalue weighted by molar-refractivity contribution is 6.06. The molecule has 2 N–H and O–H groups in total. The van der Waals surface area contributed by atoms with Gasteiger partial charge in [0.05, 0.1) is 11.1 Å². The predicted molar refractivity (Wildman–Crippen MR) is 158 cm³/mol. The summed E-state index contributed by atoms with van der Waals surface area (Å²) in [6.07, 6.45) is -1.14. The fraction of sp³-hybridized carbons (Fsp3) is 0.258. The first-order chi connectivity index (χ1) is 20.0. The van der Waals surface area contributed by atoms with Crippen molar-refractivity contribution in [1.82, 2.24) is 19.4 Å². The van der Waals surface area contributed by atoms with E-state index in [0.717, 1.165) is 34.0 Å². The van der Waals surface area contributed by atoms with Crippen molar-refractivity contribution in [1.29, 1.82) is 0 Å². The van der Waals surface area contributed by atoms with Crippen molar-refractivity contribution >= 4 is 39.2 Å². The minimum absolute atomic E-state index is 0.0934. The van der Waals surface area contributed by atoms with Gasteiger partial charge in [-0.25, -0.2) is 4.98 Å². The summed E-state index contributed by atoms with van der Waals surface area (Å²) < 4.78 is 43.0. The van der Waals surface area contributed by atoms with Gasteiger partial charge in [0.15, 0.2) is 0 Å². The molecular formula is C31H29F3N6O2. The molecule has 0 spiro atoms. The normalized spacial score (nSPS) is 14.6. The van der Waals surface area contributed by atoms with Gasteiger partial charge in [-0.3, -0.25) is 9.59 Å². The summed E-state index contributed by atoms with van der Waals surface area (Å²) in [7, 11) is 3.66. The zero-order chi connectivity index (χ0) is 29.8. The number of H-pyrrole nitrogens is 1. The van der Waals surface area contributed by atoms with E-state index in [0.29, 0.717) is 54.3 Å². The molecule has 1 aliphatic rings. The van der Waals surface area contributed by atoms with Crippen LogP contribution in [-0.4, -0.2) is 58.6 Å². The van der Waals surface area contributed by atoms with Crippen molar-refractivity contribution in [2.45, 2.75) is 13.1 Å². The Morgan fingerprint density at radius 3 is 2.48 bits per heavy atom. The minimum Gasteiger partial charge on any atom is -0.369 e. The Morgan fingerprint density at radius 1 is 0.976 bits per heavy atom. The summed E-state index contributed by atoms with van der Waals surface area (Å²) in [5.41, 5.74) is 2.78. The first kappa shape index (κ1) is 27.5. The number of likely N-dealkylation sites (N-methyl/N-ethyl adjacent to an activating group) is 1. The number of aromatic amines is 1. The molecule has 1 fully saturated rings. The Labute approximate surface area is 239 Å². The molecule has 11 heteroatoms. The molecule has 0 unspecified atom stereocenters. The zero-order valence-electron chi connectivity index (χ0n) is 23.3. The number of rotatable bonds is 4. The molecule has 216 valence electrons. The molecule has 4 heterocycles. The molecule has 1 saturated heterocycles. The molecule has 1 amide bonds. The standard InChI is InChI=1S/C31H29F3N6O2/c1-18-4-5-22(16-25(18)26-14-20-17-36-28-24(6-7-35-28)27(20)39(3)30(26)42)37-29(41)19-12-21(31(32,33)34)15-23(13-19)40-10-8-38(2)9-11-40/h4-7,12-17H,8-11H2,1-3H3,(H,35,36)(H,37,41). The number of carbonyl (C=O) groups excluding carboxylic acids is 1. The van der Waals surface area contributed by atoms with Gasteiger partial charge < -0.3 is 24.7 Å². The van der Waals surface area contributed by atoms with Crippen LogP contribution in [0.1, 0.15) is 21.5 Å². The van der Waals surface area contributed by atoms with Gasteiger partial charge in [0.25, 0.3) is 11.5 Å². The Kier molecular flexibility index (Phi) is 6.77. The number of hydrogen-bond acceptors (Lipinski definition) is 5. The van der Waals surface area contributed by atoms with Crippen LogP contribution in [0.25, 0.3) is 33.1 Å². The largest absolute Gasteiger partial charge is 0.416 e. The van der Waals surface area contributed by atoms with Crippen molar-refractivity contribution in [3.05, 3.63) is 88.0 Å². The molecule has 3 aromatic heterocycles. The monoisotopic (exact) mass is 574 g/mol. The first-order valence-electron chi connectivity index (χ1n) is 13.5. The average molecular weight is 575 g/mol. The lowest BCUT2D eigenvalue weighted by atomic mass is 9.99. The predicted octanol–water partition coefficient (Wildman–Crippen LogP) is 5.41. The van der Waals surface area contributed by atoms with E-state index >= 15 is 0 Å². The number of halogens is 3. The zero-order valence-corrected chi connectivity index (χ0v) is 23.3. The topological polar surface area (TPSA) is 86.3 Å². The lowest BCUT2D eigenvalue weighted by Crippen LogP contribution is -2.44. The Bertz CT molecular complexity index is 1900. The molecule has 5 aromatic rings. The quantitative estimate of drug-likeness (QED) is 0.300. The Hall–Kier alpha value is -4.64. The van der Waals surface area contributed by atoms with E-state index in [9.17, 15) is 22.8 Å². The summed E-state index contributed by atoms with van der Waals surface area (Å²) in [6, 6.07) is 12.2. The van der Waals surface area contributed by atoms with Crippen LogP contribution in [0.3, 0.4) is 0 Å². The fourth-order valence-corrected chi connectivity index (χ4v) is 5.53. The number of nitrogens with one attached hydrogen (secondary N) is 2. The van der Waals surface area contributed by atoms with E-state index < -0.39 is 17.6 Å². The molecule has 42 heavy (non-hydrogen) atoms. The molecule has 0 radical (unpaired) electrons.